The van der Waals surface area contributed by atoms with Crippen molar-refractivity contribution < 1.29 is 4.92 Å². The molecule has 0 aliphatic rings. The first-order valence-corrected chi connectivity index (χ1v) is 6.16. The van der Waals surface area contributed by atoms with E-state index < -0.39 is 4.92 Å². The van der Waals surface area contributed by atoms with Crippen LogP contribution in [0.1, 0.15) is 5.56 Å². The van der Waals surface area contributed by atoms with Gasteiger partial charge in [-0.15, -0.1) is 0 Å². The zero-order valence-corrected chi connectivity index (χ0v) is 10.6. The molecular formula is C13H12N2O2S. The van der Waals surface area contributed by atoms with Crippen LogP contribution in [0.4, 0.5) is 11.4 Å². The third-order valence-electron chi connectivity index (χ3n) is 2.42. The van der Waals surface area contributed by atoms with E-state index in [-0.39, 0.29) is 5.69 Å². The number of nitrogens with two attached hydrogens (primary N) is 1. The van der Waals surface area contributed by atoms with Crippen LogP contribution in [0.5, 0.6) is 0 Å². The molecule has 5 heteroatoms. The summed E-state index contributed by atoms with van der Waals surface area (Å²) in [7, 11) is 0. The predicted octanol–water partition coefficient (Wildman–Crippen LogP) is 3.64. The van der Waals surface area contributed by atoms with Crippen molar-refractivity contribution in [1.29, 1.82) is 0 Å². The molecule has 4 nitrogen and oxygen atoms in total. The normalized spacial score (nSPS) is 10.3. The van der Waals surface area contributed by atoms with Crippen molar-refractivity contribution in [2.75, 3.05) is 5.73 Å². The van der Waals surface area contributed by atoms with Gasteiger partial charge < -0.3 is 5.73 Å². The number of non-ortho nitro benzene ring substituents is 1. The second-order valence-electron chi connectivity index (χ2n) is 3.90. The maximum Gasteiger partial charge on any atom is 0.271 e. The monoisotopic (exact) mass is 260 g/mol. The molecule has 0 aliphatic carbocycles. The molecule has 0 spiro atoms. The largest absolute Gasteiger partial charge is 0.398 e. The van der Waals surface area contributed by atoms with Crippen molar-refractivity contribution in [2.24, 2.45) is 0 Å². The van der Waals surface area contributed by atoms with E-state index in [1.165, 1.54) is 29.5 Å². The number of nitrogen functional groups attached to an aromatic ring is 1. The molecule has 2 aromatic carbocycles. The van der Waals surface area contributed by atoms with Crippen LogP contribution in [-0.4, -0.2) is 4.92 Å². The number of anilines is 1. The van der Waals surface area contributed by atoms with E-state index >= 15 is 0 Å². The molecule has 0 aromatic heterocycles. The first-order chi connectivity index (χ1) is 8.56. The average molecular weight is 260 g/mol. The number of hydrogen-bond acceptors (Lipinski definition) is 4. The molecule has 0 atom stereocenters. The molecule has 0 fully saturated rings. The van der Waals surface area contributed by atoms with E-state index in [1.54, 1.807) is 6.07 Å². The van der Waals surface area contributed by atoms with Crippen molar-refractivity contribution in [3.05, 3.63) is 58.1 Å². The van der Waals surface area contributed by atoms with Crippen LogP contribution in [0.25, 0.3) is 0 Å². The first-order valence-electron chi connectivity index (χ1n) is 5.35. The second kappa shape index (κ2) is 5.10. The zero-order valence-electron chi connectivity index (χ0n) is 9.79. The van der Waals surface area contributed by atoms with Gasteiger partial charge in [-0.25, -0.2) is 0 Å². The van der Waals surface area contributed by atoms with Gasteiger partial charge in [0.1, 0.15) is 0 Å². The van der Waals surface area contributed by atoms with Gasteiger partial charge in [-0.05, 0) is 25.1 Å². The fraction of sp³-hybridized carbons (Fsp3) is 0.0769. The summed E-state index contributed by atoms with van der Waals surface area (Å²) in [5.41, 5.74) is 7.43. The highest BCUT2D eigenvalue weighted by Crippen LogP contribution is 2.34. The van der Waals surface area contributed by atoms with Gasteiger partial charge in [-0.1, -0.05) is 29.5 Å². The number of benzene rings is 2. The van der Waals surface area contributed by atoms with Crippen LogP contribution in [0.2, 0.25) is 0 Å². The summed E-state index contributed by atoms with van der Waals surface area (Å²) >= 11 is 1.50. The predicted molar refractivity (Wildman–Crippen MR) is 72.8 cm³/mol. The minimum absolute atomic E-state index is 0.0149. The molecule has 92 valence electrons. The Kier molecular flexibility index (Phi) is 3.53. The number of rotatable bonds is 3. The molecule has 0 unspecified atom stereocenters. The molecule has 0 aliphatic heterocycles. The van der Waals surface area contributed by atoms with E-state index in [0.717, 1.165) is 9.79 Å². The summed E-state index contributed by atoms with van der Waals surface area (Å²) in [6.07, 6.45) is 0. The van der Waals surface area contributed by atoms with Gasteiger partial charge in [0.2, 0.25) is 0 Å². The topological polar surface area (TPSA) is 69.2 Å². The zero-order chi connectivity index (χ0) is 13.1. The first kappa shape index (κ1) is 12.4. The van der Waals surface area contributed by atoms with Crippen LogP contribution in [0.15, 0.2) is 52.3 Å². The standard InChI is InChI=1S/C13H12N2O2S/c1-9-3-2-4-11(7-9)18-13-6-5-10(15(16)17)8-12(13)14/h2-8H,14H2,1H3. The summed E-state index contributed by atoms with van der Waals surface area (Å²) in [6.45, 7) is 2.02. The van der Waals surface area contributed by atoms with Gasteiger partial charge in [0, 0.05) is 21.9 Å². The lowest BCUT2D eigenvalue weighted by Gasteiger charge is -2.05. The number of aryl methyl sites for hydroxylation is 1. The Labute approximate surface area is 109 Å². The number of nitro benzene ring substituents is 1. The Hall–Kier alpha value is -2.01. The van der Waals surface area contributed by atoms with Crippen LogP contribution in [0, 0.1) is 17.0 Å². The number of nitrogens with zero attached hydrogens (tertiary/aromatic N) is 1. The Morgan fingerprint density at radius 3 is 2.61 bits per heavy atom. The van der Waals surface area contributed by atoms with E-state index in [9.17, 15) is 10.1 Å². The van der Waals surface area contributed by atoms with Crippen molar-refractivity contribution in [1.82, 2.24) is 0 Å². The maximum atomic E-state index is 10.6. The molecule has 0 heterocycles. The minimum Gasteiger partial charge on any atom is -0.398 e. The van der Waals surface area contributed by atoms with Gasteiger partial charge >= 0.3 is 0 Å². The summed E-state index contributed by atoms with van der Waals surface area (Å²) < 4.78 is 0. The maximum absolute atomic E-state index is 10.6. The van der Waals surface area contributed by atoms with E-state index in [4.69, 9.17) is 5.73 Å². The average Bonchev–Trinajstić information content (AvgIpc) is 2.31. The number of hydrogen-bond donors (Lipinski definition) is 1. The molecule has 18 heavy (non-hydrogen) atoms. The fourth-order valence-corrected chi connectivity index (χ4v) is 2.51. The van der Waals surface area contributed by atoms with Crippen LogP contribution < -0.4 is 5.73 Å². The molecule has 0 bridgehead atoms. The van der Waals surface area contributed by atoms with E-state index in [1.807, 2.05) is 31.2 Å². The van der Waals surface area contributed by atoms with Gasteiger partial charge in [0.05, 0.1) is 10.6 Å². The molecule has 0 saturated carbocycles. The highest BCUT2D eigenvalue weighted by atomic mass is 32.2. The molecule has 0 saturated heterocycles. The van der Waals surface area contributed by atoms with Gasteiger partial charge in [0.15, 0.2) is 0 Å². The summed E-state index contributed by atoms with van der Waals surface area (Å²) in [6, 6.07) is 12.6. The van der Waals surface area contributed by atoms with Crippen molar-refractivity contribution in [3.8, 4) is 0 Å². The SMILES string of the molecule is Cc1cccc(Sc2ccc([N+](=O)[O-])cc2N)c1. The Bertz CT molecular complexity index is 599. The van der Waals surface area contributed by atoms with Crippen molar-refractivity contribution in [3.63, 3.8) is 0 Å². The molecule has 2 aromatic rings. The van der Waals surface area contributed by atoms with Crippen LogP contribution >= 0.6 is 11.8 Å². The summed E-state index contributed by atoms with van der Waals surface area (Å²) in [4.78, 5) is 12.1. The second-order valence-corrected chi connectivity index (χ2v) is 5.01. The Morgan fingerprint density at radius 2 is 2.00 bits per heavy atom. The minimum atomic E-state index is -0.447. The smallest absolute Gasteiger partial charge is 0.271 e. The molecule has 0 amide bonds. The quantitative estimate of drug-likeness (QED) is 0.519. The lowest BCUT2D eigenvalue weighted by Crippen LogP contribution is -1.93. The number of nitro groups is 1. The molecular weight excluding hydrogens is 248 g/mol. The Balaban J connectivity index is 2.27. The lowest BCUT2D eigenvalue weighted by atomic mass is 10.2. The van der Waals surface area contributed by atoms with Crippen molar-refractivity contribution in [2.45, 2.75) is 16.7 Å². The van der Waals surface area contributed by atoms with Crippen LogP contribution in [0.3, 0.4) is 0 Å². The van der Waals surface area contributed by atoms with Gasteiger partial charge in [-0.3, -0.25) is 10.1 Å². The van der Waals surface area contributed by atoms with Gasteiger partial charge in [-0.2, -0.15) is 0 Å². The Morgan fingerprint density at radius 1 is 1.22 bits per heavy atom. The van der Waals surface area contributed by atoms with Gasteiger partial charge in [0.25, 0.3) is 5.69 Å². The highest BCUT2D eigenvalue weighted by molar-refractivity contribution is 7.99. The molecule has 0 radical (unpaired) electrons. The summed E-state index contributed by atoms with van der Waals surface area (Å²) in [5, 5.41) is 10.6. The third kappa shape index (κ3) is 2.81. The van der Waals surface area contributed by atoms with Crippen LogP contribution in [-0.2, 0) is 0 Å². The highest BCUT2D eigenvalue weighted by Gasteiger charge is 2.09. The van der Waals surface area contributed by atoms with E-state index in [0.29, 0.717) is 5.69 Å². The van der Waals surface area contributed by atoms with E-state index in [2.05, 4.69) is 0 Å². The van der Waals surface area contributed by atoms with Crippen molar-refractivity contribution >= 4 is 23.1 Å². The molecule has 2 rings (SSSR count). The summed E-state index contributed by atoms with van der Waals surface area (Å²) in [5.74, 6) is 0. The third-order valence-corrected chi connectivity index (χ3v) is 3.50. The lowest BCUT2D eigenvalue weighted by molar-refractivity contribution is -0.384. The molecule has 2 N–H and O–H groups in total. The fourth-order valence-electron chi connectivity index (χ4n) is 1.55.